The van der Waals surface area contributed by atoms with Gasteiger partial charge >= 0.3 is 0 Å². The number of carbonyl (C=O) groups excluding carboxylic acids is 1. The van der Waals surface area contributed by atoms with Crippen LogP contribution in [0.25, 0.3) is 0 Å². The zero-order valence-electron chi connectivity index (χ0n) is 14.7. The molecule has 0 N–H and O–H groups in total. The van der Waals surface area contributed by atoms with E-state index in [0.29, 0.717) is 6.54 Å². The van der Waals surface area contributed by atoms with Crippen molar-refractivity contribution in [1.29, 1.82) is 0 Å². The molecule has 1 aromatic carbocycles. The molecule has 1 atom stereocenters. The number of nitrogens with zero attached hydrogens (tertiary/aromatic N) is 3. The third-order valence-electron chi connectivity index (χ3n) is 5.23. The first kappa shape index (κ1) is 16.5. The van der Waals surface area contributed by atoms with Gasteiger partial charge in [-0.25, -0.2) is 0 Å². The van der Waals surface area contributed by atoms with E-state index in [1.807, 2.05) is 19.0 Å². The van der Waals surface area contributed by atoms with Crippen molar-refractivity contribution in [2.24, 2.45) is 5.41 Å². The molecule has 1 spiro atoms. The fourth-order valence-electron chi connectivity index (χ4n) is 4.29. The van der Waals surface area contributed by atoms with Crippen LogP contribution in [0, 0.1) is 5.41 Å². The number of likely N-dealkylation sites (N-methyl/N-ethyl adjacent to an activating group) is 1. The Labute approximate surface area is 140 Å². The second-order valence-corrected chi connectivity index (χ2v) is 7.77. The molecular weight excluding hydrogens is 286 g/mol. The average molecular weight is 315 g/mol. The minimum atomic E-state index is 0.210. The lowest BCUT2D eigenvalue weighted by molar-refractivity contribution is -0.134. The Morgan fingerprint density at radius 2 is 1.96 bits per heavy atom. The highest BCUT2D eigenvalue weighted by Gasteiger charge is 2.39. The van der Waals surface area contributed by atoms with E-state index >= 15 is 0 Å². The molecule has 1 fully saturated rings. The molecule has 126 valence electrons. The van der Waals surface area contributed by atoms with E-state index in [1.54, 1.807) is 0 Å². The van der Waals surface area contributed by atoms with Crippen molar-refractivity contribution in [3.8, 4) is 0 Å². The number of hydrogen-bond acceptors (Lipinski definition) is 3. The highest BCUT2D eigenvalue weighted by atomic mass is 16.2. The molecular formula is C19H29N3O. The van der Waals surface area contributed by atoms with Crippen molar-refractivity contribution in [3.05, 3.63) is 35.4 Å². The smallest absolute Gasteiger partial charge is 0.237 e. The monoisotopic (exact) mass is 315 g/mol. The van der Waals surface area contributed by atoms with Crippen molar-refractivity contribution < 1.29 is 4.79 Å². The summed E-state index contributed by atoms with van der Waals surface area (Å²) in [5, 5.41) is 0. The van der Waals surface area contributed by atoms with Crippen LogP contribution >= 0.6 is 0 Å². The lowest BCUT2D eigenvalue weighted by atomic mass is 9.75. The van der Waals surface area contributed by atoms with Crippen LogP contribution in [-0.4, -0.2) is 67.9 Å². The summed E-state index contributed by atoms with van der Waals surface area (Å²) in [6, 6.07) is 8.68. The Hall–Kier alpha value is -1.39. The standard InChI is InChI=1S/C19H29N3O/c1-20(2)13-18(23)22-12-17-8-5-4-7-16(17)11-19(15-22)9-6-10-21(3)14-19/h4-5,7-8H,6,9-15H2,1-3H3. The van der Waals surface area contributed by atoms with Crippen LogP contribution < -0.4 is 0 Å². The van der Waals surface area contributed by atoms with Crippen LogP contribution in [0.1, 0.15) is 24.0 Å². The van der Waals surface area contributed by atoms with Gasteiger partial charge < -0.3 is 14.7 Å². The number of carbonyl (C=O) groups is 1. The van der Waals surface area contributed by atoms with Crippen molar-refractivity contribution in [1.82, 2.24) is 14.7 Å². The Morgan fingerprint density at radius 1 is 1.22 bits per heavy atom. The fraction of sp³-hybridized carbons (Fsp3) is 0.632. The van der Waals surface area contributed by atoms with Crippen LogP contribution in [-0.2, 0) is 17.8 Å². The van der Waals surface area contributed by atoms with Crippen molar-refractivity contribution >= 4 is 5.91 Å². The van der Waals surface area contributed by atoms with Gasteiger partial charge in [0.25, 0.3) is 0 Å². The summed E-state index contributed by atoms with van der Waals surface area (Å²) in [7, 11) is 6.14. The van der Waals surface area contributed by atoms with E-state index in [2.05, 4.69) is 41.1 Å². The van der Waals surface area contributed by atoms with Gasteiger partial charge in [0, 0.05) is 25.0 Å². The molecule has 0 aliphatic carbocycles. The lowest BCUT2D eigenvalue weighted by Gasteiger charge is -2.43. The van der Waals surface area contributed by atoms with E-state index in [-0.39, 0.29) is 11.3 Å². The molecule has 1 unspecified atom stereocenters. The SMILES string of the molecule is CN(C)CC(=O)N1Cc2ccccc2CC2(CCCN(C)C2)C1. The van der Waals surface area contributed by atoms with Gasteiger partial charge in [0.2, 0.25) is 5.91 Å². The van der Waals surface area contributed by atoms with Crippen LogP contribution in [0.15, 0.2) is 24.3 Å². The summed E-state index contributed by atoms with van der Waals surface area (Å²) in [4.78, 5) is 19.3. The first-order chi connectivity index (χ1) is 11.0. The average Bonchev–Trinajstić information content (AvgIpc) is 2.62. The van der Waals surface area contributed by atoms with E-state index in [0.717, 1.165) is 26.1 Å². The largest absolute Gasteiger partial charge is 0.337 e. The molecule has 0 radical (unpaired) electrons. The van der Waals surface area contributed by atoms with E-state index in [1.165, 1.54) is 30.5 Å². The predicted octanol–water partition coefficient (Wildman–Crippen LogP) is 1.84. The third-order valence-corrected chi connectivity index (χ3v) is 5.23. The molecule has 3 rings (SSSR count). The van der Waals surface area contributed by atoms with Gasteiger partial charge in [-0.15, -0.1) is 0 Å². The van der Waals surface area contributed by atoms with Gasteiger partial charge in [-0.3, -0.25) is 4.79 Å². The third kappa shape index (κ3) is 3.75. The molecule has 0 aromatic heterocycles. The topological polar surface area (TPSA) is 26.8 Å². The summed E-state index contributed by atoms with van der Waals surface area (Å²) < 4.78 is 0. The first-order valence-electron chi connectivity index (χ1n) is 8.65. The zero-order chi connectivity index (χ0) is 16.4. The molecule has 1 saturated heterocycles. The van der Waals surface area contributed by atoms with Crippen LogP contribution in [0.5, 0.6) is 0 Å². The van der Waals surface area contributed by atoms with Crippen LogP contribution in [0.4, 0.5) is 0 Å². The minimum absolute atomic E-state index is 0.210. The Bertz CT molecular complexity index is 571. The Morgan fingerprint density at radius 3 is 2.65 bits per heavy atom. The summed E-state index contributed by atoms with van der Waals surface area (Å²) in [6.07, 6.45) is 3.55. The van der Waals surface area contributed by atoms with Gasteiger partial charge in [0.05, 0.1) is 6.54 Å². The molecule has 23 heavy (non-hydrogen) atoms. The molecule has 2 aliphatic rings. The maximum atomic E-state index is 12.7. The quantitative estimate of drug-likeness (QED) is 0.833. The normalized spacial score (nSPS) is 25.5. The van der Waals surface area contributed by atoms with Gasteiger partial charge in [-0.1, -0.05) is 24.3 Å². The lowest BCUT2D eigenvalue weighted by Crippen LogP contribution is -2.50. The Balaban J connectivity index is 1.91. The second-order valence-electron chi connectivity index (χ2n) is 7.77. The Kier molecular flexibility index (Phi) is 4.74. The van der Waals surface area contributed by atoms with Crippen molar-refractivity contribution in [3.63, 3.8) is 0 Å². The van der Waals surface area contributed by atoms with E-state index in [4.69, 9.17) is 0 Å². The van der Waals surface area contributed by atoms with E-state index < -0.39 is 0 Å². The number of benzene rings is 1. The number of hydrogen-bond donors (Lipinski definition) is 0. The molecule has 1 aromatic rings. The number of amides is 1. The van der Waals surface area contributed by atoms with Crippen LogP contribution in [0.2, 0.25) is 0 Å². The number of likely N-dealkylation sites (tertiary alicyclic amines) is 1. The van der Waals surface area contributed by atoms with E-state index in [9.17, 15) is 4.79 Å². The van der Waals surface area contributed by atoms with Gasteiger partial charge in [-0.2, -0.15) is 0 Å². The maximum Gasteiger partial charge on any atom is 0.237 e. The molecule has 1 amide bonds. The van der Waals surface area contributed by atoms with Gasteiger partial charge in [-0.05, 0) is 58.1 Å². The summed E-state index contributed by atoms with van der Waals surface area (Å²) >= 11 is 0. The minimum Gasteiger partial charge on any atom is -0.337 e. The molecule has 2 heterocycles. The predicted molar refractivity (Wildman–Crippen MR) is 93.3 cm³/mol. The molecule has 0 saturated carbocycles. The molecule has 2 aliphatic heterocycles. The fourth-order valence-corrected chi connectivity index (χ4v) is 4.29. The maximum absolute atomic E-state index is 12.7. The van der Waals surface area contributed by atoms with Gasteiger partial charge in [0.1, 0.15) is 0 Å². The number of rotatable bonds is 2. The first-order valence-corrected chi connectivity index (χ1v) is 8.65. The number of fused-ring (bicyclic) bond motifs is 1. The number of piperidine rings is 1. The summed E-state index contributed by atoms with van der Waals surface area (Å²) in [5.74, 6) is 0.249. The summed E-state index contributed by atoms with van der Waals surface area (Å²) in [5.41, 5.74) is 2.97. The zero-order valence-corrected chi connectivity index (χ0v) is 14.7. The van der Waals surface area contributed by atoms with Crippen LogP contribution in [0.3, 0.4) is 0 Å². The highest BCUT2D eigenvalue weighted by Crippen LogP contribution is 2.38. The molecule has 4 nitrogen and oxygen atoms in total. The van der Waals surface area contributed by atoms with Crippen molar-refractivity contribution in [2.75, 3.05) is 47.3 Å². The molecule has 4 heteroatoms. The molecule has 0 bridgehead atoms. The summed E-state index contributed by atoms with van der Waals surface area (Å²) in [6.45, 7) is 4.41. The highest BCUT2D eigenvalue weighted by molar-refractivity contribution is 5.78. The van der Waals surface area contributed by atoms with Gasteiger partial charge in [0.15, 0.2) is 0 Å². The second kappa shape index (κ2) is 6.62. The van der Waals surface area contributed by atoms with Crippen molar-refractivity contribution in [2.45, 2.75) is 25.8 Å².